The normalized spacial score (nSPS) is 16.9. The van der Waals surface area contributed by atoms with Gasteiger partial charge in [0.05, 0.1) is 23.4 Å². The lowest BCUT2D eigenvalue weighted by Crippen LogP contribution is -2.34. The third-order valence-electron chi connectivity index (χ3n) is 7.66. The second kappa shape index (κ2) is 10.4. The SMILES string of the molecule is Cc1cc(C)c(-c2ccn3ncc(C(=O)Nc4cc(-c5noc(C6CC(OC(F)(F)F)C6)n5)ccc4C)c3c2)c(C)c1. The number of carbonyl (C=O) groups is 1. The van der Waals surface area contributed by atoms with E-state index in [9.17, 15) is 18.0 Å². The number of hydrogen-bond donors (Lipinski definition) is 1. The van der Waals surface area contributed by atoms with Crippen LogP contribution in [-0.4, -0.2) is 38.1 Å². The summed E-state index contributed by atoms with van der Waals surface area (Å²) in [6, 6.07) is 13.6. The number of aryl methyl sites for hydroxylation is 4. The van der Waals surface area contributed by atoms with Gasteiger partial charge in [0, 0.05) is 23.4 Å². The number of anilines is 1. The lowest BCUT2D eigenvalue weighted by Gasteiger charge is -2.32. The summed E-state index contributed by atoms with van der Waals surface area (Å²) in [5.41, 5.74) is 8.72. The van der Waals surface area contributed by atoms with Crippen LogP contribution in [0.25, 0.3) is 28.0 Å². The second-order valence-corrected chi connectivity index (χ2v) is 10.9. The van der Waals surface area contributed by atoms with Crippen molar-refractivity contribution in [2.75, 3.05) is 5.32 Å². The van der Waals surface area contributed by atoms with Gasteiger partial charge in [0.1, 0.15) is 0 Å². The summed E-state index contributed by atoms with van der Waals surface area (Å²) < 4.78 is 48.3. The van der Waals surface area contributed by atoms with Crippen molar-refractivity contribution in [3.8, 4) is 22.5 Å². The van der Waals surface area contributed by atoms with Gasteiger partial charge in [-0.25, -0.2) is 4.52 Å². The molecule has 3 heterocycles. The summed E-state index contributed by atoms with van der Waals surface area (Å²) >= 11 is 0. The van der Waals surface area contributed by atoms with E-state index in [0.717, 1.165) is 27.8 Å². The van der Waals surface area contributed by atoms with Gasteiger partial charge in [-0.05, 0) is 86.6 Å². The van der Waals surface area contributed by atoms with Crippen molar-refractivity contribution in [2.45, 2.75) is 58.9 Å². The van der Waals surface area contributed by atoms with E-state index in [0.29, 0.717) is 22.3 Å². The first kappa shape index (κ1) is 27.6. The summed E-state index contributed by atoms with van der Waals surface area (Å²) in [6.07, 6.45) is -1.88. The lowest BCUT2D eigenvalue weighted by molar-refractivity contribution is -0.352. The zero-order valence-corrected chi connectivity index (χ0v) is 23.4. The number of rotatable bonds is 6. The molecule has 1 saturated carbocycles. The smallest absolute Gasteiger partial charge is 0.339 e. The van der Waals surface area contributed by atoms with E-state index in [-0.39, 0.29) is 36.4 Å². The highest BCUT2D eigenvalue weighted by molar-refractivity contribution is 6.09. The van der Waals surface area contributed by atoms with Crippen LogP contribution in [0.1, 0.15) is 57.3 Å². The number of nitrogens with zero attached hydrogens (tertiary/aromatic N) is 4. The highest BCUT2D eigenvalue weighted by Crippen LogP contribution is 2.41. The number of pyridine rings is 1. The molecule has 0 saturated heterocycles. The highest BCUT2D eigenvalue weighted by Gasteiger charge is 2.42. The van der Waals surface area contributed by atoms with Crippen molar-refractivity contribution < 1.29 is 27.2 Å². The Labute approximate surface area is 239 Å². The monoisotopic (exact) mass is 575 g/mol. The van der Waals surface area contributed by atoms with Crippen molar-refractivity contribution >= 4 is 17.1 Å². The van der Waals surface area contributed by atoms with Gasteiger partial charge in [-0.3, -0.25) is 9.53 Å². The average molecular weight is 576 g/mol. The molecule has 1 fully saturated rings. The Kier molecular flexibility index (Phi) is 6.84. The maximum Gasteiger partial charge on any atom is 0.522 e. The minimum Gasteiger partial charge on any atom is -0.339 e. The van der Waals surface area contributed by atoms with Gasteiger partial charge in [0.2, 0.25) is 11.7 Å². The predicted octanol–water partition coefficient (Wildman–Crippen LogP) is 7.32. The lowest BCUT2D eigenvalue weighted by atomic mass is 9.82. The number of amides is 1. The number of alkyl halides is 3. The zero-order valence-electron chi connectivity index (χ0n) is 23.4. The fourth-order valence-electron chi connectivity index (χ4n) is 5.60. The Morgan fingerprint density at radius 1 is 1.00 bits per heavy atom. The van der Waals surface area contributed by atoms with Crippen molar-refractivity contribution in [2.24, 2.45) is 0 Å². The predicted molar refractivity (Wildman–Crippen MR) is 150 cm³/mol. The number of nitrogens with one attached hydrogen (secondary N) is 1. The maximum absolute atomic E-state index is 13.5. The quantitative estimate of drug-likeness (QED) is 0.228. The highest BCUT2D eigenvalue weighted by atomic mass is 19.4. The standard InChI is InChI=1S/C31H28F3N5O3/c1-16-9-18(3)27(19(4)10-16)20-7-8-39-26(14-20)24(15-35-39)29(40)36-25-13-21(6-5-17(25)2)28-37-30(42-38-28)22-11-23(12-22)41-31(32,33)34/h5-10,13-15,22-23H,11-12H2,1-4H3,(H,36,40). The molecule has 0 spiro atoms. The summed E-state index contributed by atoms with van der Waals surface area (Å²) in [5.74, 6) is -0.0699. The molecule has 0 bridgehead atoms. The summed E-state index contributed by atoms with van der Waals surface area (Å²) in [6.45, 7) is 8.10. The van der Waals surface area contributed by atoms with E-state index in [1.165, 1.54) is 5.56 Å². The van der Waals surface area contributed by atoms with Gasteiger partial charge in [0.15, 0.2) is 0 Å². The Hall–Kier alpha value is -4.51. The van der Waals surface area contributed by atoms with Gasteiger partial charge >= 0.3 is 6.36 Å². The van der Waals surface area contributed by atoms with E-state index < -0.39 is 12.5 Å². The van der Waals surface area contributed by atoms with Crippen LogP contribution in [0.5, 0.6) is 0 Å². The van der Waals surface area contributed by atoms with Crippen LogP contribution in [0.15, 0.2) is 59.4 Å². The molecule has 1 amide bonds. The fourth-order valence-corrected chi connectivity index (χ4v) is 5.60. The van der Waals surface area contributed by atoms with Crippen LogP contribution in [0.4, 0.5) is 18.9 Å². The minimum atomic E-state index is -4.66. The molecule has 3 aromatic heterocycles. The molecule has 0 unspecified atom stereocenters. The van der Waals surface area contributed by atoms with Gasteiger partial charge in [-0.15, -0.1) is 13.2 Å². The van der Waals surface area contributed by atoms with E-state index in [4.69, 9.17) is 4.52 Å². The van der Waals surface area contributed by atoms with Gasteiger partial charge < -0.3 is 9.84 Å². The molecule has 1 aliphatic rings. The van der Waals surface area contributed by atoms with Crippen LogP contribution < -0.4 is 5.32 Å². The number of hydrogen-bond acceptors (Lipinski definition) is 6. The molecule has 0 aliphatic heterocycles. The molecule has 1 N–H and O–H groups in total. The minimum absolute atomic E-state index is 0.154. The molecule has 0 radical (unpaired) electrons. The van der Waals surface area contributed by atoms with Crippen LogP contribution >= 0.6 is 0 Å². The molecular formula is C31H28F3N5O3. The molecule has 42 heavy (non-hydrogen) atoms. The van der Waals surface area contributed by atoms with Crippen molar-refractivity contribution in [1.29, 1.82) is 0 Å². The fraction of sp³-hybridized carbons (Fsp3) is 0.290. The van der Waals surface area contributed by atoms with Crippen LogP contribution in [-0.2, 0) is 4.74 Å². The third kappa shape index (κ3) is 5.39. The summed E-state index contributed by atoms with van der Waals surface area (Å²) in [7, 11) is 0. The molecule has 8 nitrogen and oxygen atoms in total. The number of fused-ring (bicyclic) bond motifs is 1. The van der Waals surface area contributed by atoms with Gasteiger partial charge in [-0.1, -0.05) is 35.0 Å². The van der Waals surface area contributed by atoms with E-state index in [1.807, 2.05) is 31.3 Å². The van der Waals surface area contributed by atoms with Crippen LogP contribution in [0.2, 0.25) is 0 Å². The summed E-state index contributed by atoms with van der Waals surface area (Å²) in [4.78, 5) is 17.9. The maximum atomic E-state index is 13.5. The Balaban J connectivity index is 1.22. The molecule has 0 atom stereocenters. The largest absolute Gasteiger partial charge is 0.522 e. The first-order chi connectivity index (χ1) is 19.9. The summed E-state index contributed by atoms with van der Waals surface area (Å²) in [5, 5.41) is 11.4. The molecular weight excluding hydrogens is 547 g/mol. The van der Waals surface area contributed by atoms with Crippen LogP contribution in [0.3, 0.4) is 0 Å². The first-order valence-electron chi connectivity index (χ1n) is 13.5. The molecule has 6 rings (SSSR count). The van der Waals surface area contributed by atoms with Gasteiger partial charge in [0.25, 0.3) is 5.91 Å². The average Bonchev–Trinajstić information content (AvgIpc) is 3.53. The number of benzene rings is 2. The van der Waals surface area contributed by atoms with Crippen LogP contribution in [0, 0.1) is 27.7 Å². The number of carbonyl (C=O) groups excluding carboxylic acids is 1. The molecule has 11 heteroatoms. The number of ether oxygens (including phenoxy) is 1. The zero-order chi connectivity index (χ0) is 29.8. The van der Waals surface area contributed by atoms with Gasteiger partial charge in [-0.2, -0.15) is 10.1 Å². The Bertz CT molecular complexity index is 1800. The topological polar surface area (TPSA) is 94.6 Å². The number of halogens is 3. The molecule has 5 aromatic rings. The second-order valence-electron chi connectivity index (χ2n) is 10.9. The van der Waals surface area contributed by atoms with E-state index >= 15 is 0 Å². The van der Waals surface area contributed by atoms with E-state index in [1.54, 1.807) is 22.8 Å². The Morgan fingerprint density at radius 2 is 1.74 bits per heavy atom. The van der Waals surface area contributed by atoms with Crippen molar-refractivity contribution in [1.82, 2.24) is 19.8 Å². The molecule has 216 valence electrons. The molecule has 2 aromatic carbocycles. The van der Waals surface area contributed by atoms with Crippen molar-refractivity contribution in [3.63, 3.8) is 0 Å². The first-order valence-corrected chi connectivity index (χ1v) is 13.5. The number of aromatic nitrogens is 4. The van der Waals surface area contributed by atoms with E-state index in [2.05, 4.69) is 58.2 Å². The Morgan fingerprint density at radius 3 is 2.45 bits per heavy atom. The molecule has 1 aliphatic carbocycles. The third-order valence-corrected chi connectivity index (χ3v) is 7.66. The van der Waals surface area contributed by atoms with Crippen molar-refractivity contribution in [3.05, 3.63) is 88.6 Å².